The van der Waals surface area contributed by atoms with Crippen LogP contribution >= 0.6 is 0 Å². The fourth-order valence-electron chi connectivity index (χ4n) is 4.17. The molecule has 0 radical (unpaired) electrons. The van der Waals surface area contributed by atoms with Crippen LogP contribution in [0.1, 0.15) is 30.4 Å². The standard InChI is InChI=1S/C25H23F6N3O4/c1-34-18-10-6-5-9-16(18)19(14-7-3-2-4-8-14)32-20(22(34)36)33-21(35)15(11-12-24(26,27)28)17(23(37)38)13-25(29,30)31/h2-10,15,17,20H,11-13H2,1H3,(H,33,35)(H,37,38)/t15-,17+,20-/m1/s1. The van der Waals surface area contributed by atoms with E-state index >= 15 is 0 Å². The highest BCUT2D eigenvalue weighted by Crippen LogP contribution is 2.35. The number of rotatable bonds is 8. The summed E-state index contributed by atoms with van der Waals surface area (Å²) in [5.41, 5.74) is 1.64. The molecule has 1 heterocycles. The summed E-state index contributed by atoms with van der Waals surface area (Å²) in [5, 5.41) is 11.5. The number of halogens is 6. The minimum atomic E-state index is -5.07. The first-order valence-corrected chi connectivity index (χ1v) is 11.3. The molecule has 0 bridgehead atoms. The van der Waals surface area contributed by atoms with Crippen molar-refractivity contribution < 1.29 is 45.8 Å². The summed E-state index contributed by atoms with van der Waals surface area (Å²) in [6.45, 7) is 0. The van der Waals surface area contributed by atoms with Gasteiger partial charge in [-0.05, 0) is 12.5 Å². The summed E-state index contributed by atoms with van der Waals surface area (Å²) in [5.74, 6) is -9.12. The highest BCUT2D eigenvalue weighted by Gasteiger charge is 2.45. The maximum atomic E-state index is 13.2. The third-order valence-electron chi connectivity index (χ3n) is 6.00. The second-order valence-corrected chi connectivity index (χ2v) is 8.69. The van der Waals surface area contributed by atoms with E-state index in [2.05, 4.69) is 10.3 Å². The lowest BCUT2D eigenvalue weighted by Gasteiger charge is -2.27. The summed E-state index contributed by atoms with van der Waals surface area (Å²) in [6, 6.07) is 15.0. The number of nitrogens with zero attached hydrogens (tertiary/aromatic N) is 2. The molecule has 2 aromatic rings. The minimum Gasteiger partial charge on any atom is -0.481 e. The maximum Gasteiger partial charge on any atom is 0.389 e. The molecular weight excluding hydrogens is 520 g/mol. The maximum absolute atomic E-state index is 13.2. The molecule has 3 atom stereocenters. The number of hydrogen-bond donors (Lipinski definition) is 2. The summed E-state index contributed by atoms with van der Waals surface area (Å²) < 4.78 is 78.0. The largest absolute Gasteiger partial charge is 0.481 e. The lowest BCUT2D eigenvalue weighted by molar-refractivity contribution is -0.173. The predicted octanol–water partition coefficient (Wildman–Crippen LogP) is 4.55. The molecule has 0 unspecified atom stereocenters. The van der Waals surface area contributed by atoms with E-state index < -0.39 is 67.4 Å². The van der Waals surface area contributed by atoms with Crippen LogP contribution in [-0.4, -0.2) is 54.2 Å². The van der Waals surface area contributed by atoms with Crippen LogP contribution in [0, 0.1) is 11.8 Å². The van der Waals surface area contributed by atoms with Gasteiger partial charge in [-0.2, -0.15) is 26.3 Å². The molecule has 38 heavy (non-hydrogen) atoms. The van der Waals surface area contributed by atoms with Gasteiger partial charge in [-0.15, -0.1) is 0 Å². The summed E-state index contributed by atoms with van der Waals surface area (Å²) in [4.78, 5) is 43.4. The molecule has 0 saturated carbocycles. The Morgan fingerprint density at radius 3 is 2.16 bits per heavy atom. The van der Waals surface area contributed by atoms with Crippen LogP contribution in [0.5, 0.6) is 0 Å². The summed E-state index contributed by atoms with van der Waals surface area (Å²) >= 11 is 0. The topological polar surface area (TPSA) is 99.1 Å². The van der Waals surface area contributed by atoms with E-state index in [0.29, 0.717) is 16.8 Å². The molecule has 2 N–H and O–H groups in total. The van der Waals surface area contributed by atoms with Gasteiger partial charge in [0.25, 0.3) is 5.91 Å². The highest BCUT2D eigenvalue weighted by molar-refractivity contribution is 6.20. The fourth-order valence-corrected chi connectivity index (χ4v) is 4.17. The molecule has 0 fully saturated rings. The van der Waals surface area contributed by atoms with E-state index in [1.807, 2.05) is 0 Å². The van der Waals surface area contributed by atoms with E-state index in [1.54, 1.807) is 54.6 Å². The molecule has 7 nitrogen and oxygen atoms in total. The van der Waals surface area contributed by atoms with Crippen molar-refractivity contribution in [3.63, 3.8) is 0 Å². The van der Waals surface area contributed by atoms with Crippen LogP contribution in [0.25, 0.3) is 0 Å². The Morgan fingerprint density at radius 2 is 1.58 bits per heavy atom. The molecule has 2 aromatic carbocycles. The van der Waals surface area contributed by atoms with Crippen molar-refractivity contribution >= 4 is 29.2 Å². The van der Waals surface area contributed by atoms with Crippen molar-refractivity contribution in [3.8, 4) is 0 Å². The zero-order chi connectivity index (χ0) is 28.3. The molecule has 204 valence electrons. The number of aliphatic imine (C=N–C) groups is 1. The number of fused-ring (bicyclic) bond motifs is 1. The molecule has 2 amide bonds. The molecule has 0 saturated heterocycles. The lowest BCUT2D eigenvalue weighted by Crippen LogP contribution is -2.50. The minimum absolute atomic E-state index is 0.237. The van der Waals surface area contributed by atoms with Crippen LogP contribution in [0.3, 0.4) is 0 Å². The molecule has 0 aromatic heterocycles. The van der Waals surface area contributed by atoms with Crippen molar-refractivity contribution in [2.45, 2.75) is 37.8 Å². The van der Waals surface area contributed by atoms with Gasteiger partial charge in [0.05, 0.1) is 29.7 Å². The number of para-hydroxylation sites is 1. The van der Waals surface area contributed by atoms with Gasteiger partial charge < -0.3 is 15.3 Å². The molecule has 0 aliphatic carbocycles. The fraction of sp³-hybridized carbons (Fsp3) is 0.360. The Balaban J connectivity index is 2.03. The van der Waals surface area contributed by atoms with E-state index in [-0.39, 0.29) is 5.71 Å². The van der Waals surface area contributed by atoms with Crippen molar-refractivity contribution in [1.82, 2.24) is 5.32 Å². The van der Waals surface area contributed by atoms with Crippen molar-refractivity contribution in [1.29, 1.82) is 0 Å². The predicted molar refractivity (Wildman–Crippen MR) is 124 cm³/mol. The van der Waals surface area contributed by atoms with E-state index in [1.165, 1.54) is 7.05 Å². The monoisotopic (exact) mass is 543 g/mol. The second kappa shape index (κ2) is 11.2. The van der Waals surface area contributed by atoms with Gasteiger partial charge in [0.1, 0.15) is 0 Å². The van der Waals surface area contributed by atoms with Gasteiger partial charge in [-0.1, -0.05) is 48.5 Å². The normalized spacial score (nSPS) is 17.7. The third kappa shape index (κ3) is 7.11. The Labute approximate surface area is 213 Å². The van der Waals surface area contributed by atoms with Crippen LogP contribution in [0.4, 0.5) is 32.0 Å². The van der Waals surface area contributed by atoms with Crippen molar-refractivity contribution in [2.24, 2.45) is 16.8 Å². The Kier molecular flexibility index (Phi) is 8.48. The Bertz CT molecular complexity index is 1210. The Hall–Kier alpha value is -3.90. The first-order valence-electron chi connectivity index (χ1n) is 11.3. The number of carboxylic acid groups (broad SMARTS) is 1. The Morgan fingerprint density at radius 1 is 0.974 bits per heavy atom. The number of amides is 2. The molecule has 1 aliphatic rings. The number of nitrogens with one attached hydrogen (secondary N) is 1. The SMILES string of the molecule is CN1C(=O)[C@@H](NC(=O)[C@H](CCC(F)(F)F)[C@H](CC(F)(F)F)C(=O)O)N=C(c2ccccc2)c2ccccc21. The second-order valence-electron chi connectivity index (χ2n) is 8.69. The summed E-state index contributed by atoms with van der Waals surface area (Å²) in [7, 11) is 1.37. The van der Waals surface area contributed by atoms with Crippen LogP contribution < -0.4 is 10.2 Å². The van der Waals surface area contributed by atoms with E-state index in [9.17, 15) is 45.8 Å². The number of likely N-dealkylation sites (N-methyl/N-ethyl adjacent to an activating group) is 1. The number of hydrogen-bond acceptors (Lipinski definition) is 4. The number of alkyl halides is 6. The first kappa shape index (κ1) is 28.7. The van der Waals surface area contributed by atoms with Gasteiger partial charge in [0.15, 0.2) is 0 Å². The summed E-state index contributed by atoms with van der Waals surface area (Å²) in [6.07, 6.45) is -16.6. The number of benzene rings is 2. The molecule has 1 aliphatic heterocycles. The van der Waals surface area contributed by atoms with Crippen LogP contribution in [0.2, 0.25) is 0 Å². The van der Waals surface area contributed by atoms with Gasteiger partial charge in [0, 0.05) is 24.6 Å². The van der Waals surface area contributed by atoms with Gasteiger partial charge in [0.2, 0.25) is 12.1 Å². The molecular formula is C25H23F6N3O4. The molecule has 13 heteroatoms. The number of carbonyl (C=O) groups excluding carboxylic acids is 2. The van der Waals surface area contributed by atoms with Gasteiger partial charge in [-0.3, -0.25) is 14.4 Å². The smallest absolute Gasteiger partial charge is 0.389 e. The van der Waals surface area contributed by atoms with E-state index in [0.717, 1.165) is 4.90 Å². The highest BCUT2D eigenvalue weighted by atomic mass is 19.4. The van der Waals surface area contributed by atoms with E-state index in [4.69, 9.17) is 0 Å². The molecule has 0 spiro atoms. The van der Waals surface area contributed by atoms with Crippen LogP contribution in [0.15, 0.2) is 59.6 Å². The van der Waals surface area contributed by atoms with Crippen molar-refractivity contribution in [2.75, 3.05) is 11.9 Å². The molecule has 3 rings (SSSR count). The third-order valence-corrected chi connectivity index (χ3v) is 6.00. The zero-order valence-electron chi connectivity index (χ0n) is 19.9. The average Bonchev–Trinajstić information content (AvgIpc) is 2.93. The van der Waals surface area contributed by atoms with Crippen molar-refractivity contribution in [3.05, 3.63) is 65.7 Å². The zero-order valence-corrected chi connectivity index (χ0v) is 19.9. The van der Waals surface area contributed by atoms with Gasteiger partial charge in [-0.25, -0.2) is 4.99 Å². The first-order chi connectivity index (χ1) is 17.7. The lowest BCUT2D eigenvalue weighted by atomic mass is 9.84. The number of carbonyl (C=O) groups is 3. The average molecular weight is 543 g/mol. The number of carboxylic acids is 1. The number of aliphatic carboxylic acids is 1. The van der Waals surface area contributed by atoms with Gasteiger partial charge >= 0.3 is 18.3 Å². The van der Waals surface area contributed by atoms with Crippen LogP contribution in [-0.2, 0) is 14.4 Å². The number of benzodiazepines with no additional fused rings is 1. The number of anilines is 1. The quantitative estimate of drug-likeness (QED) is 0.477.